The van der Waals surface area contributed by atoms with Gasteiger partial charge >= 0.3 is 0 Å². The number of hydrogen-bond donors (Lipinski definition) is 0. The van der Waals surface area contributed by atoms with Gasteiger partial charge in [-0.05, 0) is 37.3 Å². The standard InChI is InChI=1S/C23H19F2N3OS2/c1-15-5-7-18(8-6-15)30-11-9-21(29)28(14-17-4-2-3-10-26-17)23-27-22-19(25)12-16(24)13-20(22)31-23/h2-8,10,12-13H,9,11,14H2,1H3. The second-order valence-corrected chi connectivity index (χ2v) is 9.12. The van der Waals surface area contributed by atoms with Gasteiger partial charge in [0.2, 0.25) is 5.91 Å². The maximum atomic E-state index is 14.2. The van der Waals surface area contributed by atoms with E-state index in [0.29, 0.717) is 21.3 Å². The minimum absolute atomic E-state index is 0.0641. The number of aryl methyl sites for hydroxylation is 1. The average molecular weight is 456 g/mol. The van der Waals surface area contributed by atoms with Crippen molar-refractivity contribution < 1.29 is 13.6 Å². The van der Waals surface area contributed by atoms with E-state index in [1.54, 1.807) is 24.0 Å². The summed E-state index contributed by atoms with van der Waals surface area (Å²) in [5, 5.41) is 0.329. The van der Waals surface area contributed by atoms with Crippen molar-refractivity contribution in [2.75, 3.05) is 10.7 Å². The van der Waals surface area contributed by atoms with Crippen LogP contribution in [0, 0.1) is 18.6 Å². The van der Waals surface area contributed by atoms with Crippen LogP contribution < -0.4 is 4.90 Å². The van der Waals surface area contributed by atoms with Crippen LogP contribution in [0.15, 0.2) is 65.7 Å². The van der Waals surface area contributed by atoms with Gasteiger partial charge in [0.15, 0.2) is 10.9 Å². The van der Waals surface area contributed by atoms with Crippen molar-refractivity contribution in [3.8, 4) is 0 Å². The lowest BCUT2D eigenvalue weighted by Crippen LogP contribution is -2.30. The quantitative estimate of drug-likeness (QED) is 0.321. The van der Waals surface area contributed by atoms with E-state index in [1.807, 2.05) is 43.3 Å². The number of amides is 1. The van der Waals surface area contributed by atoms with E-state index in [4.69, 9.17) is 0 Å². The largest absolute Gasteiger partial charge is 0.282 e. The number of hydrogen-bond acceptors (Lipinski definition) is 5. The number of thioether (sulfide) groups is 1. The first-order chi connectivity index (χ1) is 15.0. The molecule has 0 N–H and O–H groups in total. The Morgan fingerprint density at radius 2 is 1.94 bits per heavy atom. The summed E-state index contributed by atoms with van der Waals surface area (Å²) in [6, 6.07) is 15.6. The van der Waals surface area contributed by atoms with Gasteiger partial charge in [-0.15, -0.1) is 11.8 Å². The van der Waals surface area contributed by atoms with Gasteiger partial charge in [0, 0.05) is 29.3 Å². The van der Waals surface area contributed by atoms with Crippen molar-refractivity contribution in [2.45, 2.75) is 24.8 Å². The predicted octanol–water partition coefficient (Wildman–Crippen LogP) is 5.99. The van der Waals surface area contributed by atoms with Crippen molar-refractivity contribution in [3.05, 3.63) is 83.7 Å². The smallest absolute Gasteiger partial charge is 0.229 e. The van der Waals surface area contributed by atoms with Crippen LogP contribution in [0.25, 0.3) is 10.2 Å². The normalized spacial score (nSPS) is 11.1. The molecule has 0 saturated carbocycles. The minimum atomic E-state index is -0.738. The molecule has 4 rings (SSSR count). The lowest BCUT2D eigenvalue weighted by Gasteiger charge is -2.19. The summed E-state index contributed by atoms with van der Waals surface area (Å²) in [7, 11) is 0. The molecule has 0 aliphatic carbocycles. The Labute approximate surface area is 187 Å². The maximum absolute atomic E-state index is 14.2. The molecule has 4 aromatic rings. The molecule has 0 atom stereocenters. The lowest BCUT2D eigenvalue weighted by atomic mass is 10.2. The minimum Gasteiger partial charge on any atom is -0.282 e. The molecular weight excluding hydrogens is 436 g/mol. The molecule has 2 heterocycles. The SMILES string of the molecule is Cc1ccc(SCCC(=O)N(Cc2ccccn2)c2nc3c(F)cc(F)cc3s2)cc1. The van der Waals surface area contributed by atoms with Crippen molar-refractivity contribution in [3.63, 3.8) is 0 Å². The number of anilines is 1. The number of fused-ring (bicyclic) bond motifs is 1. The van der Waals surface area contributed by atoms with Gasteiger partial charge in [0.05, 0.1) is 16.9 Å². The molecule has 0 radical (unpaired) electrons. The van der Waals surface area contributed by atoms with Crippen molar-refractivity contribution in [1.82, 2.24) is 9.97 Å². The fourth-order valence-electron chi connectivity index (χ4n) is 3.00. The van der Waals surface area contributed by atoms with Gasteiger partial charge in [-0.3, -0.25) is 14.7 Å². The molecule has 0 aliphatic rings. The summed E-state index contributed by atoms with van der Waals surface area (Å²) in [5.74, 6) is -0.964. The Bertz CT molecular complexity index is 1200. The first-order valence-corrected chi connectivity index (χ1v) is 11.4. The summed E-state index contributed by atoms with van der Waals surface area (Å²) in [5.41, 5.74) is 1.93. The number of benzene rings is 2. The summed E-state index contributed by atoms with van der Waals surface area (Å²) in [6.45, 7) is 2.24. The third kappa shape index (κ3) is 5.26. The molecule has 0 spiro atoms. The highest BCUT2D eigenvalue weighted by Crippen LogP contribution is 2.32. The first-order valence-electron chi connectivity index (χ1n) is 9.65. The van der Waals surface area contributed by atoms with E-state index in [9.17, 15) is 13.6 Å². The Morgan fingerprint density at radius 3 is 2.68 bits per heavy atom. The van der Waals surface area contributed by atoms with E-state index in [1.165, 1.54) is 16.5 Å². The van der Waals surface area contributed by atoms with Gasteiger partial charge < -0.3 is 0 Å². The van der Waals surface area contributed by atoms with Crippen LogP contribution in [-0.2, 0) is 11.3 Å². The highest BCUT2D eigenvalue weighted by atomic mass is 32.2. The maximum Gasteiger partial charge on any atom is 0.229 e. The van der Waals surface area contributed by atoms with Crippen LogP contribution in [-0.4, -0.2) is 21.6 Å². The zero-order chi connectivity index (χ0) is 21.8. The molecule has 0 fully saturated rings. The second-order valence-electron chi connectivity index (χ2n) is 6.94. The molecule has 2 aromatic carbocycles. The number of aromatic nitrogens is 2. The highest BCUT2D eigenvalue weighted by molar-refractivity contribution is 7.99. The van der Waals surface area contributed by atoms with Crippen LogP contribution >= 0.6 is 23.1 Å². The number of nitrogens with zero attached hydrogens (tertiary/aromatic N) is 3. The topological polar surface area (TPSA) is 46.1 Å². The van der Waals surface area contributed by atoms with Gasteiger partial charge in [-0.25, -0.2) is 13.8 Å². The van der Waals surface area contributed by atoms with Crippen LogP contribution in [0.3, 0.4) is 0 Å². The van der Waals surface area contributed by atoms with Crippen LogP contribution in [0.5, 0.6) is 0 Å². The molecular formula is C23H19F2N3OS2. The molecule has 0 bridgehead atoms. The van der Waals surface area contributed by atoms with E-state index >= 15 is 0 Å². The summed E-state index contributed by atoms with van der Waals surface area (Å²) >= 11 is 2.69. The Balaban J connectivity index is 1.55. The summed E-state index contributed by atoms with van der Waals surface area (Å²) in [4.78, 5) is 24.3. The predicted molar refractivity (Wildman–Crippen MR) is 121 cm³/mol. The average Bonchev–Trinajstić information content (AvgIpc) is 3.18. The van der Waals surface area contributed by atoms with E-state index in [-0.39, 0.29) is 24.4 Å². The third-order valence-corrected chi connectivity index (χ3v) is 6.62. The number of rotatable bonds is 7. The van der Waals surface area contributed by atoms with E-state index < -0.39 is 11.6 Å². The molecule has 2 aromatic heterocycles. The fourth-order valence-corrected chi connectivity index (χ4v) is 4.87. The highest BCUT2D eigenvalue weighted by Gasteiger charge is 2.22. The zero-order valence-electron chi connectivity index (χ0n) is 16.7. The van der Waals surface area contributed by atoms with E-state index in [0.717, 1.165) is 22.3 Å². The molecule has 158 valence electrons. The van der Waals surface area contributed by atoms with Crippen LogP contribution in [0.4, 0.5) is 13.9 Å². The van der Waals surface area contributed by atoms with Crippen molar-refractivity contribution in [1.29, 1.82) is 0 Å². The summed E-state index contributed by atoms with van der Waals surface area (Å²) in [6.07, 6.45) is 1.93. The van der Waals surface area contributed by atoms with Crippen molar-refractivity contribution >= 4 is 44.4 Å². The van der Waals surface area contributed by atoms with E-state index in [2.05, 4.69) is 9.97 Å². The molecule has 4 nitrogen and oxygen atoms in total. The van der Waals surface area contributed by atoms with Gasteiger partial charge in [0.25, 0.3) is 0 Å². The first kappa shape index (κ1) is 21.4. The van der Waals surface area contributed by atoms with Crippen molar-refractivity contribution in [2.24, 2.45) is 0 Å². The Kier molecular flexibility index (Phi) is 6.58. The number of carbonyl (C=O) groups excluding carboxylic acids is 1. The van der Waals surface area contributed by atoms with Gasteiger partial charge in [0.1, 0.15) is 11.3 Å². The number of pyridine rings is 1. The monoisotopic (exact) mass is 455 g/mol. The fraction of sp³-hybridized carbons (Fsp3) is 0.174. The van der Waals surface area contributed by atoms with Crippen LogP contribution in [0.2, 0.25) is 0 Å². The molecule has 0 saturated heterocycles. The number of carbonyl (C=O) groups is 1. The molecule has 31 heavy (non-hydrogen) atoms. The Hall–Kier alpha value is -2.84. The van der Waals surface area contributed by atoms with Gasteiger partial charge in [-0.1, -0.05) is 35.1 Å². The zero-order valence-corrected chi connectivity index (χ0v) is 18.4. The lowest BCUT2D eigenvalue weighted by molar-refractivity contribution is -0.118. The van der Waals surface area contributed by atoms with Gasteiger partial charge in [-0.2, -0.15) is 0 Å². The van der Waals surface area contributed by atoms with Crippen LogP contribution in [0.1, 0.15) is 17.7 Å². The molecule has 0 unspecified atom stereocenters. The molecule has 8 heteroatoms. The number of halogens is 2. The Morgan fingerprint density at radius 1 is 1.13 bits per heavy atom. The molecule has 1 amide bonds. The number of thiazole rings is 1. The molecule has 0 aliphatic heterocycles. The summed E-state index contributed by atoms with van der Waals surface area (Å²) < 4.78 is 28.1. The second kappa shape index (κ2) is 9.53. The third-order valence-electron chi connectivity index (χ3n) is 4.59.